The van der Waals surface area contributed by atoms with E-state index >= 15 is 0 Å². The Morgan fingerprint density at radius 1 is 1.03 bits per heavy atom. The largest absolute Gasteiger partial charge is 0.482 e. The van der Waals surface area contributed by atoms with Crippen molar-refractivity contribution in [3.63, 3.8) is 0 Å². The normalized spacial score (nSPS) is 11.0. The maximum absolute atomic E-state index is 12.0. The van der Waals surface area contributed by atoms with E-state index < -0.39 is 11.6 Å². The molecule has 0 saturated heterocycles. The van der Waals surface area contributed by atoms with Gasteiger partial charge in [0.2, 0.25) is 0 Å². The number of aromatic nitrogens is 2. The average molecular weight is 410 g/mol. The molecule has 30 heavy (non-hydrogen) atoms. The molecule has 0 aliphatic heterocycles. The second-order valence-electron chi connectivity index (χ2n) is 6.68. The number of hydrogen-bond donors (Lipinski definition) is 0. The molecule has 4 rings (SSSR count). The number of ether oxygens (including phenoxy) is 2. The first-order valence-corrected chi connectivity index (χ1v) is 9.12. The molecular weight excluding hydrogens is 392 g/mol. The fourth-order valence-electron chi connectivity index (χ4n) is 2.99. The maximum atomic E-state index is 12.0. The maximum Gasteiger partial charge on any atom is 0.344 e. The zero-order valence-corrected chi connectivity index (χ0v) is 16.6. The number of benzene rings is 1. The Labute approximate surface area is 170 Å². The first-order chi connectivity index (χ1) is 14.4. The van der Waals surface area contributed by atoms with Crippen LogP contribution in [0.4, 0.5) is 0 Å². The van der Waals surface area contributed by atoms with Crippen LogP contribution in [0.3, 0.4) is 0 Å². The van der Waals surface area contributed by atoms with Gasteiger partial charge in [-0.2, -0.15) is 0 Å². The Bertz CT molecular complexity index is 1280. The van der Waals surface area contributed by atoms with Gasteiger partial charge in [0, 0.05) is 17.5 Å². The molecule has 9 nitrogen and oxygen atoms in total. The topological polar surface area (TPSA) is 118 Å². The van der Waals surface area contributed by atoms with E-state index in [0.29, 0.717) is 28.5 Å². The Balaban J connectivity index is 1.34. The molecule has 0 aliphatic rings. The number of hydrogen-bond acceptors (Lipinski definition) is 9. The molecule has 0 N–H and O–H groups in total. The van der Waals surface area contributed by atoms with Crippen molar-refractivity contribution in [2.75, 3.05) is 6.61 Å². The van der Waals surface area contributed by atoms with Crippen molar-refractivity contribution in [2.24, 2.45) is 0 Å². The summed E-state index contributed by atoms with van der Waals surface area (Å²) in [5.41, 5.74) is 1.43. The summed E-state index contributed by atoms with van der Waals surface area (Å²) >= 11 is 0. The third-order valence-electron chi connectivity index (χ3n) is 4.37. The molecule has 0 bridgehead atoms. The minimum absolute atomic E-state index is 0.152. The molecule has 3 heterocycles. The van der Waals surface area contributed by atoms with Gasteiger partial charge in [-0.1, -0.05) is 0 Å². The molecule has 0 radical (unpaired) electrons. The third-order valence-corrected chi connectivity index (χ3v) is 4.37. The highest BCUT2D eigenvalue weighted by Crippen LogP contribution is 2.25. The lowest BCUT2D eigenvalue weighted by atomic mass is 10.1. The first-order valence-electron chi connectivity index (χ1n) is 9.12. The summed E-state index contributed by atoms with van der Waals surface area (Å²) in [6.07, 6.45) is 0. The molecule has 9 heteroatoms. The van der Waals surface area contributed by atoms with Crippen molar-refractivity contribution in [3.8, 4) is 17.2 Å². The Morgan fingerprint density at radius 3 is 2.63 bits per heavy atom. The van der Waals surface area contributed by atoms with Crippen LogP contribution in [0.5, 0.6) is 5.75 Å². The van der Waals surface area contributed by atoms with Gasteiger partial charge < -0.3 is 22.7 Å². The van der Waals surface area contributed by atoms with Gasteiger partial charge in [-0.15, -0.1) is 10.2 Å². The lowest BCUT2D eigenvalue weighted by Gasteiger charge is -2.07. The quantitative estimate of drug-likeness (QED) is 0.348. The van der Waals surface area contributed by atoms with Crippen LogP contribution in [0, 0.1) is 20.8 Å². The van der Waals surface area contributed by atoms with E-state index in [1.54, 1.807) is 31.2 Å². The van der Waals surface area contributed by atoms with E-state index in [9.17, 15) is 9.59 Å². The number of carbonyl (C=O) groups is 1. The molecule has 0 aliphatic carbocycles. The zero-order chi connectivity index (χ0) is 21.3. The molecular formula is C21H18N2O7. The van der Waals surface area contributed by atoms with Crippen LogP contribution >= 0.6 is 0 Å². The number of rotatable bonds is 6. The molecule has 154 valence electrons. The van der Waals surface area contributed by atoms with Crippen LogP contribution in [0.2, 0.25) is 0 Å². The van der Waals surface area contributed by atoms with Crippen molar-refractivity contribution in [1.29, 1.82) is 0 Å². The summed E-state index contributed by atoms with van der Waals surface area (Å²) in [6.45, 7) is 4.91. The van der Waals surface area contributed by atoms with Gasteiger partial charge in [0.05, 0.1) is 5.56 Å². The Morgan fingerprint density at radius 2 is 1.87 bits per heavy atom. The monoisotopic (exact) mass is 410 g/mol. The molecule has 0 atom stereocenters. The van der Waals surface area contributed by atoms with Gasteiger partial charge in [-0.3, -0.25) is 0 Å². The number of furan rings is 1. The van der Waals surface area contributed by atoms with Gasteiger partial charge >= 0.3 is 11.6 Å². The number of nitrogens with zero attached hydrogens (tertiary/aromatic N) is 2. The number of carbonyl (C=O) groups excluding carboxylic acids is 1. The molecule has 0 unspecified atom stereocenters. The molecule has 0 spiro atoms. The van der Waals surface area contributed by atoms with Crippen molar-refractivity contribution >= 4 is 16.9 Å². The second-order valence-corrected chi connectivity index (χ2v) is 6.68. The smallest absolute Gasteiger partial charge is 0.344 e. The fraction of sp³-hybridized carbons (Fsp3) is 0.238. The molecule has 0 amide bonds. The van der Waals surface area contributed by atoms with E-state index in [1.807, 2.05) is 13.8 Å². The van der Waals surface area contributed by atoms with E-state index in [1.165, 1.54) is 6.07 Å². The summed E-state index contributed by atoms with van der Waals surface area (Å²) in [5, 5.41) is 8.60. The standard InChI is InChI=1S/C21H18N2O7/c1-11-6-19(24)29-17-8-14(4-5-15(11)17)26-10-20(25)27-9-18-22-23-21(30-18)16-7-12(2)28-13(16)3/h4-8H,9-10H2,1-3H3. The summed E-state index contributed by atoms with van der Waals surface area (Å²) in [7, 11) is 0. The van der Waals surface area contributed by atoms with Gasteiger partial charge in [-0.25, -0.2) is 9.59 Å². The number of aryl methyl sites for hydroxylation is 3. The lowest BCUT2D eigenvalue weighted by molar-refractivity contribution is -0.148. The fourth-order valence-corrected chi connectivity index (χ4v) is 2.99. The van der Waals surface area contributed by atoms with Crippen LogP contribution < -0.4 is 10.4 Å². The minimum atomic E-state index is -0.615. The van der Waals surface area contributed by atoms with Crippen molar-refractivity contribution in [2.45, 2.75) is 27.4 Å². The molecule has 1 aromatic carbocycles. The van der Waals surface area contributed by atoms with Crippen molar-refractivity contribution in [3.05, 3.63) is 63.7 Å². The lowest BCUT2D eigenvalue weighted by Crippen LogP contribution is -2.14. The molecule has 0 saturated carbocycles. The molecule has 3 aromatic heterocycles. The predicted molar refractivity (Wildman–Crippen MR) is 104 cm³/mol. The average Bonchev–Trinajstić information content (AvgIpc) is 3.29. The summed E-state index contributed by atoms with van der Waals surface area (Å²) in [5.74, 6) is 1.59. The SMILES string of the molecule is Cc1cc(-c2nnc(COC(=O)COc3ccc4c(C)cc(=O)oc4c3)o2)c(C)o1. The first kappa shape index (κ1) is 19.4. The number of esters is 1. The minimum Gasteiger partial charge on any atom is -0.482 e. The van der Waals surface area contributed by atoms with E-state index in [4.69, 9.17) is 22.7 Å². The van der Waals surface area contributed by atoms with Gasteiger partial charge in [0.15, 0.2) is 13.2 Å². The van der Waals surface area contributed by atoms with Crippen molar-refractivity contribution < 1.29 is 27.5 Å². The van der Waals surface area contributed by atoms with Crippen LogP contribution in [0.15, 0.2) is 48.4 Å². The summed E-state index contributed by atoms with van der Waals surface area (Å²) in [6, 6.07) is 8.20. The Hall–Kier alpha value is -3.88. The van der Waals surface area contributed by atoms with Crippen LogP contribution in [-0.4, -0.2) is 22.8 Å². The highest BCUT2D eigenvalue weighted by Gasteiger charge is 2.16. The van der Waals surface area contributed by atoms with E-state index in [2.05, 4.69) is 10.2 Å². The molecule has 4 aromatic rings. The van der Waals surface area contributed by atoms with E-state index in [-0.39, 0.29) is 19.1 Å². The predicted octanol–water partition coefficient (Wildman–Crippen LogP) is 3.48. The highest BCUT2D eigenvalue weighted by molar-refractivity contribution is 5.81. The molecule has 0 fully saturated rings. The van der Waals surface area contributed by atoms with Crippen LogP contribution in [0.25, 0.3) is 22.4 Å². The van der Waals surface area contributed by atoms with Crippen LogP contribution in [-0.2, 0) is 16.1 Å². The van der Waals surface area contributed by atoms with Gasteiger partial charge in [-0.05, 0) is 44.5 Å². The second kappa shape index (κ2) is 7.86. The van der Waals surface area contributed by atoms with Crippen molar-refractivity contribution in [1.82, 2.24) is 10.2 Å². The summed E-state index contributed by atoms with van der Waals surface area (Å²) < 4.78 is 26.6. The summed E-state index contributed by atoms with van der Waals surface area (Å²) in [4.78, 5) is 23.5. The van der Waals surface area contributed by atoms with Gasteiger partial charge in [0.25, 0.3) is 11.8 Å². The Kier molecular flexibility index (Phi) is 5.09. The highest BCUT2D eigenvalue weighted by atomic mass is 16.6. The van der Waals surface area contributed by atoms with Gasteiger partial charge in [0.1, 0.15) is 22.9 Å². The van der Waals surface area contributed by atoms with E-state index in [0.717, 1.165) is 16.7 Å². The number of fused-ring (bicyclic) bond motifs is 1. The third kappa shape index (κ3) is 4.09. The zero-order valence-electron chi connectivity index (χ0n) is 16.6. The van der Waals surface area contributed by atoms with Crippen LogP contribution in [0.1, 0.15) is 23.0 Å².